The first kappa shape index (κ1) is 9.58. The van der Waals surface area contributed by atoms with E-state index in [1.165, 1.54) is 13.2 Å². The molecule has 0 fully saturated rings. The molecule has 1 N–H and O–H groups in total. The largest absolute Gasteiger partial charge is 0.507 e. The Balaban J connectivity index is 3.11. The van der Waals surface area contributed by atoms with Crippen molar-refractivity contribution in [2.75, 3.05) is 7.11 Å². The molecule has 1 rings (SSSR count). The van der Waals surface area contributed by atoms with Crippen LogP contribution in [0, 0.1) is 0 Å². The number of aromatic hydroxyl groups is 1. The predicted molar refractivity (Wildman–Crippen MR) is 49.3 cm³/mol. The summed E-state index contributed by atoms with van der Waals surface area (Å²) in [5.41, 5.74) is 0.321. The molecule has 13 heavy (non-hydrogen) atoms. The van der Waals surface area contributed by atoms with Crippen molar-refractivity contribution in [3.63, 3.8) is 0 Å². The van der Waals surface area contributed by atoms with Gasteiger partial charge in [-0.2, -0.15) is 0 Å². The second-order valence-corrected chi connectivity index (χ2v) is 2.66. The third-order valence-electron chi connectivity index (χ3n) is 1.83. The molecule has 0 aromatic heterocycles. The number of ether oxygens (including phenoxy) is 1. The van der Waals surface area contributed by atoms with Crippen LogP contribution in [0.15, 0.2) is 18.2 Å². The Bertz CT molecular complexity index is 318. The molecule has 0 spiro atoms. The zero-order valence-corrected chi connectivity index (χ0v) is 7.70. The molecule has 70 valence electrons. The maximum atomic E-state index is 11.3. The van der Waals surface area contributed by atoms with Crippen LogP contribution in [-0.2, 0) is 0 Å². The van der Waals surface area contributed by atoms with Crippen molar-refractivity contribution in [2.24, 2.45) is 0 Å². The quantitative estimate of drug-likeness (QED) is 0.723. The molecule has 3 nitrogen and oxygen atoms in total. The molecule has 0 saturated carbocycles. The number of rotatable bonds is 3. The zero-order chi connectivity index (χ0) is 9.84. The predicted octanol–water partition coefficient (Wildman–Crippen LogP) is 1.99. The summed E-state index contributed by atoms with van der Waals surface area (Å²) in [6.07, 6.45) is 0.376. The highest BCUT2D eigenvalue weighted by Crippen LogP contribution is 2.23. The summed E-state index contributed by atoms with van der Waals surface area (Å²) in [5.74, 6) is 0.499. The lowest BCUT2D eigenvalue weighted by molar-refractivity contribution is 0.0985. The highest BCUT2D eigenvalue weighted by atomic mass is 16.5. The Morgan fingerprint density at radius 1 is 1.54 bits per heavy atom. The SMILES string of the molecule is CCC(=O)c1cc(OC)ccc1O. The number of ketones is 1. The summed E-state index contributed by atoms with van der Waals surface area (Å²) in [5, 5.41) is 9.36. The summed E-state index contributed by atoms with van der Waals surface area (Å²) in [4.78, 5) is 11.3. The van der Waals surface area contributed by atoms with Crippen molar-refractivity contribution in [2.45, 2.75) is 13.3 Å². The lowest BCUT2D eigenvalue weighted by Gasteiger charge is -2.04. The minimum atomic E-state index is -0.0867. The van der Waals surface area contributed by atoms with Gasteiger partial charge in [0.25, 0.3) is 0 Å². The topological polar surface area (TPSA) is 46.5 Å². The number of carbonyl (C=O) groups excluding carboxylic acids is 1. The van der Waals surface area contributed by atoms with E-state index in [0.29, 0.717) is 17.7 Å². The fraction of sp³-hybridized carbons (Fsp3) is 0.300. The first-order valence-corrected chi connectivity index (χ1v) is 4.09. The van der Waals surface area contributed by atoms with Crippen LogP contribution in [0.1, 0.15) is 23.7 Å². The monoisotopic (exact) mass is 180 g/mol. The fourth-order valence-electron chi connectivity index (χ4n) is 1.06. The average Bonchev–Trinajstić information content (AvgIpc) is 2.17. The number of hydrogen-bond acceptors (Lipinski definition) is 3. The maximum Gasteiger partial charge on any atom is 0.166 e. The van der Waals surface area contributed by atoms with Gasteiger partial charge in [-0.15, -0.1) is 0 Å². The van der Waals surface area contributed by atoms with Gasteiger partial charge in [-0.1, -0.05) is 6.92 Å². The highest BCUT2D eigenvalue weighted by molar-refractivity contribution is 5.98. The second-order valence-electron chi connectivity index (χ2n) is 2.66. The number of carbonyl (C=O) groups is 1. The molecule has 0 radical (unpaired) electrons. The second kappa shape index (κ2) is 3.94. The van der Waals surface area contributed by atoms with Gasteiger partial charge in [0.05, 0.1) is 12.7 Å². The van der Waals surface area contributed by atoms with E-state index in [1.807, 2.05) is 0 Å². The molecular weight excluding hydrogens is 168 g/mol. The highest BCUT2D eigenvalue weighted by Gasteiger charge is 2.09. The van der Waals surface area contributed by atoms with E-state index in [0.717, 1.165) is 0 Å². The summed E-state index contributed by atoms with van der Waals surface area (Å²) in [6.45, 7) is 1.75. The molecule has 0 aliphatic rings. The van der Waals surface area contributed by atoms with Gasteiger partial charge in [-0.3, -0.25) is 4.79 Å². The number of benzene rings is 1. The Kier molecular flexibility index (Phi) is 2.90. The molecular formula is C10H12O3. The molecule has 0 aliphatic carbocycles. The number of phenols is 1. The zero-order valence-electron chi connectivity index (χ0n) is 7.70. The van der Waals surface area contributed by atoms with Gasteiger partial charge in [0.15, 0.2) is 5.78 Å². The van der Waals surface area contributed by atoms with E-state index in [1.54, 1.807) is 19.1 Å². The molecule has 0 saturated heterocycles. The van der Waals surface area contributed by atoms with Gasteiger partial charge in [-0.25, -0.2) is 0 Å². The normalized spacial score (nSPS) is 9.69. The van der Waals surface area contributed by atoms with Gasteiger partial charge in [0.1, 0.15) is 11.5 Å². The van der Waals surface area contributed by atoms with Crippen molar-refractivity contribution in [1.29, 1.82) is 0 Å². The minimum absolute atomic E-state index is 0.00708. The summed E-state index contributed by atoms with van der Waals surface area (Å²) < 4.78 is 4.94. The van der Waals surface area contributed by atoms with Crippen LogP contribution in [0.4, 0.5) is 0 Å². The molecule has 0 unspecified atom stereocenters. The average molecular weight is 180 g/mol. The summed E-state index contributed by atoms with van der Waals surface area (Å²) in [7, 11) is 1.52. The molecule has 0 aliphatic heterocycles. The van der Waals surface area contributed by atoms with Crippen molar-refractivity contribution in [1.82, 2.24) is 0 Å². The number of Topliss-reactive ketones (excluding diaryl/α,β-unsaturated/α-hetero) is 1. The molecule has 0 heterocycles. The fourth-order valence-corrected chi connectivity index (χ4v) is 1.06. The molecule has 3 heteroatoms. The van der Waals surface area contributed by atoms with Gasteiger partial charge in [0.2, 0.25) is 0 Å². The van der Waals surface area contributed by atoms with Crippen LogP contribution < -0.4 is 4.74 Å². The van der Waals surface area contributed by atoms with E-state index in [4.69, 9.17) is 4.74 Å². The van der Waals surface area contributed by atoms with Gasteiger partial charge in [-0.05, 0) is 18.2 Å². The third-order valence-corrected chi connectivity index (χ3v) is 1.83. The first-order chi connectivity index (χ1) is 6.19. The molecule has 1 aromatic rings. The molecule has 0 amide bonds. The molecule has 0 atom stereocenters. The lowest BCUT2D eigenvalue weighted by Crippen LogP contribution is -1.97. The summed E-state index contributed by atoms with van der Waals surface area (Å²) >= 11 is 0. The smallest absolute Gasteiger partial charge is 0.166 e. The summed E-state index contributed by atoms with van der Waals surface area (Å²) in [6, 6.07) is 4.62. The first-order valence-electron chi connectivity index (χ1n) is 4.09. The van der Waals surface area contributed by atoms with Crippen LogP contribution in [0.25, 0.3) is 0 Å². The minimum Gasteiger partial charge on any atom is -0.507 e. The molecule has 0 bridgehead atoms. The van der Waals surface area contributed by atoms with Gasteiger partial charge < -0.3 is 9.84 Å². The van der Waals surface area contributed by atoms with Gasteiger partial charge in [0, 0.05) is 6.42 Å². The molecule has 1 aromatic carbocycles. The van der Waals surface area contributed by atoms with E-state index in [-0.39, 0.29) is 11.5 Å². The van der Waals surface area contributed by atoms with Crippen LogP contribution in [0.5, 0.6) is 11.5 Å². The van der Waals surface area contributed by atoms with E-state index < -0.39 is 0 Å². The van der Waals surface area contributed by atoms with Crippen LogP contribution >= 0.6 is 0 Å². The number of phenolic OH excluding ortho intramolecular Hbond substituents is 1. The van der Waals surface area contributed by atoms with Crippen LogP contribution in [0.2, 0.25) is 0 Å². The van der Waals surface area contributed by atoms with Crippen molar-refractivity contribution in [3.8, 4) is 11.5 Å². The third kappa shape index (κ3) is 1.99. The Morgan fingerprint density at radius 3 is 2.77 bits per heavy atom. The van der Waals surface area contributed by atoms with Crippen molar-refractivity contribution < 1.29 is 14.6 Å². The Morgan fingerprint density at radius 2 is 2.23 bits per heavy atom. The Labute approximate surface area is 77.0 Å². The number of hydrogen-bond donors (Lipinski definition) is 1. The number of methoxy groups -OCH3 is 1. The van der Waals surface area contributed by atoms with Crippen molar-refractivity contribution in [3.05, 3.63) is 23.8 Å². The Hall–Kier alpha value is -1.51. The van der Waals surface area contributed by atoms with Gasteiger partial charge >= 0.3 is 0 Å². The van der Waals surface area contributed by atoms with E-state index in [2.05, 4.69) is 0 Å². The lowest BCUT2D eigenvalue weighted by atomic mass is 10.1. The van der Waals surface area contributed by atoms with E-state index >= 15 is 0 Å². The van der Waals surface area contributed by atoms with Crippen LogP contribution in [0.3, 0.4) is 0 Å². The van der Waals surface area contributed by atoms with E-state index in [9.17, 15) is 9.90 Å². The van der Waals surface area contributed by atoms with Crippen LogP contribution in [-0.4, -0.2) is 18.0 Å². The standard InChI is InChI=1S/C10H12O3/c1-3-9(11)8-6-7(13-2)4-5-10(8)12/h4-6,12H,3H2,1-2H3. The van der Waals surface area contributed by atoms with Crippen molar-refractivity contribution >= 4 is 5.78 Å². The maximum absolute atomic E-state index is 11.3.